The number of nitrogen functional groups attached to an aromatic ring is 1. The second-order valence-corrected chi connectivity index (χ2v) is 6.03. The predicted octanol–water partition coefficient (Wildman–Crippen LogP) is 2.46. The second-order valence-electron chi connectivity index (χ2n) is 4.97. The Kier molecular flexibility index (Phi) is 4.89. The lowest BCUT2D eigenvalue weighted by Crippen LogP contribution is -2.19. The Labute approximate surface area is 122 Å². The standard InChI is InChI=1S/C14H20N4OS/c1-10(2)18-13(19)16-17-14(18)20-8-4-6-11-5-3-7-12(15)9-11/h3,5,7,9-10H,4,6,8,15H2,1-2H3,(H,16,19). The summed E-state index contributed by atoms with van der Waals surface area (Å²) < 4.78 is 1.69. The van der Waals surface area contributed by atoms with Crippen LogP contribution in [0.1, 0.15) is 31.9 Å². The molecule has 5 nitrogen and oxygen atoms in total. The van der Waals surface area contributed by atoms with Crippen LogP contribution in [0.25, 0.3) is 0 Å². The summed E-state index contributed by atoms with van der Waals surface area (Å²) in [7, 11) is 0. The number of aromatic amines is 1. The van der Waals surface area contributed by atoms with Crippen molar-refractivity contribution in [1.29, 1.82) is 0 Å². The molecule has 108 valence electrons. The molecule has 0 fully saturated rings. The zero-order valence-corrected chi connectivity index (χ0v) is 12.6. The Balaban J connectivity index is 1.86. The summed E-state index contributed by atoms with van der Waals surface area (Å²) in [6.07, 6.45) is 2.00. The highest BCUT2D eigenvalue weighted by molar-refractivity contribution is 7.99. The molecule has 0 spiro atoms. The third-order valence-corrected chi connectivity index (χ3v) is 4.02. The van der Waals surface area contributed by atoms with Crippen molar-refractivity contribution in [3.63, 3.8) is 0 Å². The van der Waals surface area contributed by atoms with Gasteiger partial charge in [0, 0.05) is 17.5 Å². The van der Waals surface area contributed by atoms with Gasteiger partial charge in [0.15, 0.2) is 5.16 Å². The minimum Gasteiger partial charge on any atom is -0.399 e. The van der Waals surface area contributed by atoms with Crippen LogP contribution < -0.4 is 11.4 Å². The van der Waals surface area contributed by atoms with Crippen molar-refractivity contribution in [2.75, 3.05) is 11.5 Å². The van der Waals surface area contributed by atoms with Crippen molar-refractivity contribution in [1.82, 2.24) is 14.8 Å². The fraction of sp³-hybridized carbons (Fsp3) is 0.429. The molecule has 0 saturated carbocycles. The van der Waals surface area contributed by atoms with E-state index >= 15 is 0 Å². The molecule has 0 aliphatic heterocycles. The number of aryl methyl sites for hydroxylation is 1. The van der Waals surface area contributed by atoms with Crippen molar-refractivity contribution in [2.24, 2.45) is 0 Å². The summed E-state index contributed by atoms with van der Waals surface area (Å²) in [6, 6.07) is 8.08. The lowest BCUT2D eigenvalue weighted by atomic mass is 10.1. The predicted molar refractivity (Wildman–Crippen MR) is 83.1 cm³/mol. The van der Waals surface area contributed by atoms with E-state index < -0.39 is 0 Å². The van der Waals surface area contributed by atoms with E-state index in [0.717, 1.165) is 29.4 Å². The van der Waals surface area contributed by atoms with Crippen molar-refractivity contribution in [3.05, 3.63) is 40.3 Å². The zero-order chi connectivity index (χ0) is 14.5. The number of aromatic nitrogens is 3. The second kappa shape index (κ2) is 6.65. The van der Waals surface area contributed by atoms with Crippen LogP contribution in [0.15, 0.2) is 34.2 Å². The molecule has 1 heterocycles. The van der Waals surface area contributed by atoms with Crippen LogP contribution in [0.4, 0.5) is 5.69 Å². The molecule has 20 heavy (non-hydrogen) atoms. The number of benzene rings is 1. The number of hydrogen-bond donors (Lipinski definition) is 2. The van der Waals surface area contributed by atoms with Crippen LogP contribution in [0.5, 0.6) is 0 Å². The average Bonchev–Trinajstić information content (AvgIpc) is 2.76. The van der Waals surface area contributed by atoms with E-state index in [-0.39, 0.29) is 11.7 Å². The number of H-pyrrole nitrogens is 1. The van der Waals surface area contributed by atoms with Gasteiger partial charge in [-0.2, -0.15) is 0 Å². The number of anilines is 1. The van der Waals surface area contributed by atoms with E-state index in [2.05, 4.69) is 16.3 Å². The molecule has 0 aliphatic carbocycles. The van der Waals surface area contributed by atoms with E-state index in [0.29, 0.717) is 0 Å². The van der Waals surface area contributed by atoms with Gasteiger partial charge in [0.1, 0.15) is 0 Å². The Morgan fingerprint density at radius 1 is 1.45 bits per heavy atom. The highest BCUT2D eigenvalue weighted by Crippen LogP contribution is 2.19. The first-order valence-electron chi connectivity index (χ1n) is 6.72. The molecule has 3 N–H and O–H groups in total. The zero-order valence-electron chi connectivity index (χ0n) is 11.8. The molecule has 0 atom stereocenters. The molecule has 0 saturated heterocycles. The summed E-state index contributed by atoms with van der Waals surface area (Å²) in [5.74, 6) is 0.922. The quantitative estimate of drug-likeness (QED) is 0.487. The van der Waals surface area contributed by atoms with Gasteiger partial charge in [0.05, 0.1) is 0 Å². The molecule has 0 aliphatic rings. The maximum absolute atomic E-state index is 11.6. The van der Waals surface area contributed by atoms with E-state index in [1.54, 1.807) is 16.3 Å². The van der Waals surface area contributed by atoms with E-state index in [1.165, 1.54) is 5.56 Å². The van der Waals surface area contributed by atoms with Gasteiger partial charge < -0.3 is 5.73 Å². The van der Waals surface area contributed by atoms with Crippen LogP contribution in [0, 0.1) is 0 Å². The van der Waals surface area contributed by atoms with Crippen molar-refractivity contribution >= 4 is 17.4 Å². The van der Waals surface area contributed by atoms with Gasteiger partial charge in [-0.25, -0.2) is 9.89 Å². The number of nitrogens with zero attached hydrogens (tertiary/aromatic N) is 2. The summed E-state index contributed by atoms with van der Waals surface area (Å²) in [5, 5.41) is 7.33. The molecule has 0 bridgehead atoms. The summed E-state index contributed by atoms with van der Waals surface area (Å²) in [4.78, 5) is 11.6. The molecule has 1 aromatic heterocycles. The Morgan fingerprint density at radius 3 is 2.95 bits per heavy atom. The smallest absolute Gasteiger partial charge is 0.344 e. The van der Waals surface area contributed by atoms with E-state index in [4.69, 9.17) is 5.73 Å². The SMILES string of the molecule is CC(C)n1c(SCCCc2cccc(N)c2)n[nH]c1=O. The molecule has 6 heteroatoms. The van der Waals surface area contributed by atoms with Crippen LogP contribution in [0.3, 0.4) is 0 Å². The average molecular weight is 292 g/mol. The molecule has 0 amide bonds. The maximum Gasteiger partial charge on any atom is 0.344 e. The number of rotatable bonds is 6. The van der Waals surface area contributed by atoms with Crippen molar-refractivity contribution in [2.45, 2.75) is 37.9 Å². The lowest BCUT2D eigenvalue weighted by molar-refractivity contribution is 0.534. The largest absolute Gasteiger partial charge is 0.399 e. The lowest BCUT2D eigenvalue weighted by Gasteiger charge is -2.08. The van der Waals surface area contributed by atoms with Gasteiger partial charge in [-0.05, 0) is 44.4 Å². The molecule has 2 rings (SSSR count). The van der Waals surface area contributed by atoms with Crippen LogP contribution in [0.2, 0.25) is 0 Å². The van der Waals surface area contributed by atoms with E-state index in [1.807, 2.05) is 32.0 Å². The van der Waals surface area contributed by atoms with E-state index in [9.17, 15) is 4.79 Å². The number of nitrogens with one attached hydrogen (secondary N) is 1. The minimum absolute atomic E-state index is 0.123. The van der Waals surface area contributed by atoms with Gasteiger partial charge >= 0.3 is 5.69 Å². The Bertz CT molecular complexity index is 618. The number of hydrogen-bond acceptors (Lipinski definition) is 4. The normalized spacial score (nSPS) is 11.2. The van der Waals surface area contributed by atoms with Crippen LogP contribution in [-0.2, 0) is 6.42 Å². The van der Waals surface area contributed by atoms with Gasteiger partial charge in [-0.3, -0.25) is 4.57 Å². The maximum atomic E-state index is 11.6. The number of thioether (sulfide) groups is 1. The summed E-state index contributed by atoms with van der Waals surface area (Å²) >= 11 is 1.61. The highest BCUT2D eigenvalue weighted by atomic mass is 32.2. The topological polar surface area (TPSA) is 76.7 Å². The molecule has 2 aromatic rings. The van der Waals surface area contributed by atoms with Crippen molar-refractivity contribution in [3.8, 4) is 0 Å². The molecule has 0 unspecified atom stereocenters. The van der Waals surface area contributed by atoms with Gasteiger partial charge in [-0.1, -0.05) is 23.9 Å². The van der Waals surface area contributed by atoms with Crippen LogP contribution in [-0.4, -0.2) is 20.5 Å². The Morgan fingerprint density at radius 2 is 2.25 bits per heavy atom. The van der Waals surface area contributed by atoms with Crippen molar-refractivity contribution < 1.29 is 0 Å². The van der Waals surface area contributed by atoms with Gasteiger partial charge in [0.2, 0.25) is 0 Å². The fourth-order valence-corrected chi connectivity index (χ4v) is 3.05. The first kappa shape index (κ1) is 14.7. The van der Waals surface area contributed by atoms with Gasteiger partial charge in [-0.15, -0.1) is 5.10 Å². The first-order chi connectivity index (χ1) is 9.58. The molecular weight excluding hydrogens is 272 g/mol. The summed E-state index contributed by atoms with van der Waals surface area (Å²) in [5.41, 5.74) is 7.66. The fourth-order valence-electron chi connectivity index (χ4n) is 2.04. The monoisotopic (exact) mass is 292 g/mol. The summed E-state index contributed by atoms with van der Waals surface area (Å²) in [6.45, 7) is 3.96. The van der Waals surface area contributed by atoms with Gasteiger partial charge in [0.25, 0.3) is 0 Å². The first-order valence-corrected chi connectivity index (χ1v) is 7.70. The molecule has 1 aromatic carbocycles. The third-order valence-electron chi connectivity index (χ3n) is 2.98. The molecule has 0 radical (unpaired) electrons. The minimum atomic E-state index is -0.140. The highest BCUT2D eigenvalue weighted by Gasteiger charge is 2.11. The number of nitrogens with two attached hydrogens (primary N) is 1. The van der Waals surface area contributed by atoms with Crippen LogP contribution >= 0.6 is 11.8 Å². The molecular formula is C14H20N4OS. The Hall–Kier alpha value is -1.69. The third kappa shape index (κ3) is 3.66.